The lowest BCUT2D eigenvalue weighted by atomic mass is 10.1. The number of piperazine rings is 2. The van der Waals surface area contributed by atoms with Crippen LogP contribution in [0.2, 0.25) is 10.0 Å². The monoisotopic (exact) mass is 712 g/mol. The van der Waals surface area contributed by atoms with Crippen LogP contribution in [0.25, 0.3) is 11.9 Å². The third kappa shape index (κ3) is 9.29. The van der Waals surface area contributed by atoms with Crippen LogP contribution >= 0.6 is 46.7 Å². The van der Waals surface area contributed by atoms with Crippen molar-refractivity contribution in [3.63, 3.8) is 0 Å². The van der Waals surface area contributed by atoms with Crippen LogP contribution in [0.4, 0.5) is 0 Å². The molecule has 0 unspecified atom stereocenters. The Balaban J connectivity index is 0.000000176. The van der Waals surface area contributed by atoms with Gasteiger partial charge in [-0.25, -0.2) is 0 Å². The molecule has 0 radical (unpaired) electrons. The number of benzene rings is 2. The Hall–Kier alpha value is -2.63. The number of Topliss-reactive ketones (excluding diaryl/α,β-unsaturated/α-hetero) is 1. The fourth-order valence-electron chi connectivity index (χ4n) is 5.54. The van der Waals surface area contributed by atoms with Gasteiger partial charge in [-0.05, 0) is 74.8 Å². The molecule has 11 heteroatoms. The van der Waals surface area contributed by atoms with Crippen molar-refractivity contribution >= 4 is 64.4 Å². The molecule has 7 nitrogen and oxygen atoms in total. The number of ketones is 1. The van der Waals surface area contributed by atoms with Crippen LogP contribution in [0.15, 0.2) is 92.9 Å². The maximum Gasteiger partial charge on any atom is 0.183 e. The van der Waals surface area contributed by atoms with Gasteiger partial charge in [0, 0.05) is 102 Å². The summed E-state index contributed by atoms with van der Waals surface area (Å²) < 4.78 is 4.17. The van der Waals surface area contributed by atoms with E-state index in [1.165, 1.54) is 34.3 Å². The molecule has 4 aromatic rings. The number of hydrogen-bond acceptors (Lipinski definition) is 7. The van der Waals surface area contributed by atoms with Crippen LogP contribution in [-0.2, 0) is 6.54 Å². The number of nitrogens with one attached hydrogen (secondary N) is 1. The van der Waals surface area contributed by atoms with Gasteiger partial charge >= 0.3 is 0 Å². The summed E-state index contributed by atoms with van der Waals surface area (Å²) in [5.41, 5.74) is 3.24. The molecular weight excluding hydrogens is 667 g/mol. The molecule has 4 aliphatic heterocycles. The Morgan fingerprint density at radius 3 is 1.94 bits per heavy atom. The number of carbonyl (C=O) groups excluding carboxylic acids is 1. The molecule has 4 aliphatic rings. The summed E-state index contributed by atoms with van der Waals surface area (Å²) in [7, 11) is 4.34. The van der Waals surface area contributed by atoms with Crippen molar-refractivity contribution in [2.24, 2.45) is 0 Å². The highest BCUT2D eigenvalue weighted by molar-refractivity contribution is 7.99. The van der Waals surface area contributed by atoms with Gasteiger partial charge in [0.25, 0.3) is 0 Å². The number of rotatable bonds is 1. The number of halogens is 2. The van der Waals surface area contributed by atoms with Crippen LogP contribution in [0.1, 0.15) is 30.8 Å². The molecule has 0 spiro atoms. The molecule has 0 atom stereocenters. The van der Waals surface area contributed by atoms with E-state index in [4.69, 9.17) is 23.2 Å². The summed E-state index contributed by atoms with van der Waals surface area (Å²) in [6, 6.07) is 19.9. The van der Waals surface area contributed by atoms with E-state index in [0.717, 1.165) is 59.8 Å². The van der Waals surface area contributed by atoms with Gasteiger partial charge in [0.1, 0.15) is 0 Å². The molecule has 0 amide bonds. The van der Waals surface area contributed by atoms with Crippen LogP contribution in [0.3, 0.4) is 0 Å². The van der Waals surface area contributed by atoms with Crippen molar-refractivity contribution in [3.05, 3.63) is 94.2 Å². The average Bonchev–Trinajstić information content (AvgIpc) is 3.61. The van der Waals surface area contributed by atoms with Crippen molar-refractivity contribution in [2.45, 2.75) is 41.2 Å². The van der Waals surface area contributed by atoms with E-state index in [2.05, 4.69) is 75.3 Å². The standard InChI is InChI=1S/C17H18ClN3S.C12H8ClNOS.C5H12N2.2CH4/c1-19-7-9-20(10-8-19)15-12-21-6-2-3-17(21)22-16-5-4-13(18)11-14(15)16;13-8-3-4-11-9(6-8)10(15)7-14-5-1-2-12(14)16-11;1-7-4-2-6-3-5-7;;/h2-6,11-12H,7-10H2,1H3;1-6H,7H2;6H,2-5H2,1H3;2*1H4. The highest BCUT2D eigenvalue weighted by atomic mass is 35.5. The zero-order chi connectivity index (χ0) is 31.3. The Kier molecular flexibility index (Phi) is 13.6. The molecule has 2 aromatic carbocycles. The lowest BCUT2D eigenvalue weighted by molar-refractivity contribution is 0.0968. The molecule has 6 heterocycles. The predicted molar refractivity (Wildman–Crippen MR) is 201 cm³/mol. The van der Waals surface area contributed by atoms with Gasteiger partial charge < -0.3 is 29.2 Å². The van der Waals surface area contributed by atoms with Crippen molar-refractivity contribution < 1.29 is 4.79 Å². The van der Waals surface area contributed by atoms with E-state index in [1.807, 2.05) is 41.1 Å². The van der Waals surface area contributed by atoms with Gasteiger partial charge in [-0.1, -0.05) is 61.6 Å². The van der Waals surface area contributed by atoms with Crippen molar-refractivity contribution in [1.29, 1.82) is 0 Å². The zero-order valence-corrected chi connectivity index (χ0v) is 28.7. The van der Waals surface area contributed by atoms with Crippen LogP contribution in [0, 0.1) is 0 Å². The second kappa shape index (κ2) is 17.2. The first kappa shape index (κ1) is 37.2. The number of carbonyl (C=O) groups is 1. The Morgan fingerprint density at radius 2 is 1.28 bits per heavy atom. The number of hydrogen-bond donors (Lipinski definition) is 1. The largest absolute Gasteiger partial charge is 0.367 e. The highest BCUT2D eigenvalue weighted by Crippen LogP contribution is 2.40. The van der Waals surface area contributed by atoms with Crippen molar-refractivity contribution in [2.75, 3.05) is 66.5 Å². The summed E-state index contributed by atoms with van der Waals surface area (Å²) in [5.74, 6) is 0.111. The second-order valence-corrected chi connectivity index (χ2v) is 14.5. The van der Waals surface area contributed by atoms with Crippen molar-refractivity contribution in [1.82, 2.24) is 29.2 Å². The summed E-state index contributed by atoms with van der Waals surface area (Å²) in [5, 5.41) is 7.02. The quantitative estimate of drug-likeness (QED) is 0.214. The molecule has 252 valence electrons. The number of aromatic nitrogens is 2. The molecule has 2 fully saturated rings. The second-order valence-electron chi connectivity index (χ2n) is 11.5. The minimum absolute atomic E-state index is 0. The molecule has 0 saturated carbocycles. The number of nitrogens with zero attached hydrogens (tertiary/aromatic N) is 5. The maximum atomic E-state index is 12.0. The first-order valence-electron chi connectivity index (χ1n) is 15.2. The van der Waals surface area contributed by atoms with Gasteiger partial charge in [0.15, 0.2) is 5.78 Å². The molecule has 8 rings (SSSR count). The molecule has 47 heavy (non-hydrogen) atoms. The van der Waals surface area contributed by atoms with E-state index in [-0.39, 0.29) is 20.6 Å². The first-order valence-corrected chi connectivity index (χ1v) is 17.6. The smallest absolute Gasteiger partial charge is 0.183 e. The van der Waals surface area contributed by atoms with Crippen LogP contribution in [0.5, 0.6) is 0 Å². The Bertz CT molecular complexity index is 1670. The number of likely N-dealkylation sites (N-methyl/N-ethyl adjacent to an activating group) is 2. The minimum Gasteiger partial charge on any atom is -0.367 e. The molecular formula is C36H46Cl2N6OS2. The molecule has 2 aromatic heterocycles. The van der Waals surface area contributed by atoms with E-state index in [1.54, 1.807) is 29.6 Å². The normalized spacial score (nSPS) is 17.2. The minimum atomic E-state index is 0. The Morgan fingerprint density at radius 1 is 0.702 bits per heavy atom. The number of fused-ring (bicyclic) bond motifs is 4. The van der Waals surface area contributed by atoms with Gasteiger partial charge in [0.2, 0.25) is 0 Å². The first-order chi connectivity index (χ1) is 21.8. The summed E-state index contributed by atoms with van der Waals surface area (Å²) >= 11 is 15.6. The van der Waals surface area contributed by atoms with Crippen LogP contribution in [-0.4, -0.2) is 96.1 Å². The summed E-state index contributed by atoms with van der Waals surface area (Å²) in [6.07, 6.45) is 6.29. The molecule has 0 bridgehead atoms. The summed E-state index contributed by atoms with van der Waals surface area (Å²) in [6.45, 7) is 9.43. The van der Waals surface area contributed by atoms with E-state index >= 15 is 0 Å². The average molecular weight is 714 g/mol. The third-order valence-electron chi connectivity index (χ3n) is 8.18. The lowest BCUT2D eigenvalue weighted by Gasteiger charge is -2.35. The van der Waals surface area contributed by atoms with E-state index in [0.29, 0.717) is 11.6 Å². The lowest BCUT2D eigenvalue weighted by Crippen LogP contribution is -2.43. The highest BCUT2D eigenvalue weighted by Gasteiger charge is 2.23. The zero-order valence-electron chi connectivity index (χ0n) is 25.6. The third-order valence-corrected chi connectivity index (χ3v) is 10.9. The van der Waals surface area contributed by atoms with Gasteiger partial charge in [-0.3, -0.25) is 4.79 Å². The topological polar surface area (TPSA) is 48.7 Å². The molecule has 2 saturated heterocycles. The summed E-state index contributed by atoms with van der Waals surface area (Å²) in [4.78, 5) is 21.5. The predicted octanol–water partition coefficient (Wildman–Crippen LogP) is 8.09. The van der Waals surface area contributed by atoms with Crippen LogP contribution < -0.4 is 5.32 Å². The van der Waals surface area contributed by atoms with Crippen molar-refractivity contribution in [3.8, 4) is 0 Å². The van der Waals surface area contributed by atoms with E-state index < -0.39 is 0 Å². The fourth-order valence-corrected chi connectivity index (χ4v) is 7.91. The molecule has 0 aliphatic carbocycles. The fraction of sp³-hybridized carbons (Fsp3) is 0.361. The maximum absolute atomic E-state index is 12.0. The van der Waals surface area contributed by atoms with E-state index in [9.17, 15) is 4.79 Å². The van der Waals surface area contributed by atoms with Gasteiger partial charge in [-0.2, -0.15) is 0 Å². The SMILES string of the molecule is C.C.CN1CCN(C2=Cn3cccc3Sc3ccc(Cl)cc32)CC1.CN1CCNCC1.O=C1Cn2cccc2Sc2ccc(Cl)cc21. The Labute approximate surface area is 298 Å². The molecule has 1 N–H and O–H groups in total. The van der Waals surface area contributed by atoms with Gasteiger partial charge in [-0.15, -0.1) is 0 Å². The van der Waals surface area contributed by atoms with Gasteiger partial charge in [0.05, 0.1) is 22.3 Å².